The van der Waals surface area contributed by atoms with E-state index in [2.05, 4.69) is 15.2 Å². The van der Waals surface area contributed by atoms with E-state index in [1.165, 1.54) is 30.0 Å². The smallest absolute Gasteiger partial charge is 0.270 e. The van der Waals surface area contributed by atoms with E-state index in [0.29, 0.717) is 11.0 Å². The highest BCUT2D eigenvalue weighted by Crippen LogP contribution is 2.28. The summed E-state index contributed by atoms with van der Waals surface area (Å²) in [5.74, 6) is 0.454. The van der Waals surface area contributed by atoms with Gasteiger partial charge in [-0.15, -0.1) is 10.2 Å². The summed E-state index contributed by atoms with van der Waals surface area (Å²) >= 11 is 1.23. The van der Waals surface area contributed by atoms with Crippen LogP contribution in [0.1, 0.15) is 15.9 Å². The molecule has 154 valence electrons. The molecule has 2 aromatic carbocycles. The molecule has 0 saturated heterocycles. The molecule has 4 aromatic rings. The van der Waals surface area contributed by atoms with Crippen molar-refractivity contribution in [3.05, 3.63) is 94.3 Å². The summed E-state index contributed by atoms with van der Waals surface area (Å²) in [4.78, 5) is 27.3. The van der Waals surface area contributed by atoms with Crippen molar-refractivity contribution in [1.29, 1.82) is 0 Å². The Hall–Kier alpha value is -3.85. The Balaban J connectivity index is 1.65. The number of benzene rings is 2. The van der Waals surface area contributed by atoms with E-state index in [9.17, 15) is 14.9 Å². The number of ketones is 1. The van der Waals surface area contributed by atoms with E-state index in [1.54, 1.807) is 18.5 Å². The minimum atomic E-state index is -0.516. The number of non-ortho nitro benzene ring substituents is 1. The fraction of sp³-hybridized carbons (Fsp3) is 0.0909. The lowest BCUT2D eigenvalue weighted by Gasteiger charge is -2.10. The van der Waals surface area contributed by atoms with E-state index in [4.69, 9.17) is 0 Å². The molecule has 8 nitrogen and oxygen atoms in total. The third kappa shape index (κ3) is 4.51. The number of hydrogen-bond donors (Lipinski definition) is 0. The van der Waals surface area contributed by atoms with E-state index < -0.39 is 4.92 Å². The number of rotatable bonds is 7. The average Bonchev–Trinajstić information content (AvgIpc) is 3.22. The molecule has 4 rings (SSSR count). The van der Waals surface area contributed by atoms with Crippen molar-refractivity contribution < 1.29 is 9.72 Å². The molecule has 0 aliphatic carbocycles. The summed E-state index contributed by atoms with van der Waals surface area (Å²) in [6.45, 7) is 2.01. The molecule has 9 heteroatoms. The second kappa shape index (κ2) is 8.88. The lowest BCUT2D eigenvalue weighted by atomic mass is 10.1. The maximum Gasteiger partial charge on any atom is 0.270 e. The van der Waals surface area contributed by atoms with Gasteiger partial charge in [-0.05, 0) is 31.2 Å². The molecule has 31 heavy (non-hydrogen) atoms. The van der Waals surface area contributed by atoms with E-state index in [0.717, 1.165) is 16.8 Å². The van der Waals surface area contributed by atoms with Gasteiger partial charge in [-0.25, -0.2) is 0 Å². The molecule has 2 aromatic heterocycles. The molecule has 0 fully saturated rings. The zero-order valence-corrected chi connectivity index (χ0v) is 17.3. The summed E-state index contributed by atoms with van der Waals surface area (Å²) in [5.41, 5.74) is 2.95. The van der Waals surface area contributed by atoms with Gasteiger partial charge in [-0.3, -0.25) is 24.5 Å². The SMILES string of the molecule is Cc1ccc(-n2c(SCC(=O)c3cccc([N+](=O)[O-])c3)nnc2-c2cccnc2)cc1. The van der Waals surface area contributed by atoms with Crippen LogP contribution in [0.15, 0.2) is 78.2 Å². The Morgan fingerprint density at radius 1 is 1.10 bits per heavy atom. The van der Waals surface area contributed by atoms with Crippen LogP contribution in [0.3, 0.4) is 0 Å². The molecule has 0 aliphatic rings. The van der Waals surface area contributed by atoms with Crippen LogP contribution in [-0.2, 0) is 0 Å². The number of aryl methyl sites for hydroxylation is 1. The Labute approximate surface area is 182 Å². The number of nitrogens with zero attached hydrogens (tertiary/aromatic N) is 5. The monoisotopic (exact) mass is 431 g/mol. The molecule has 2 heterocycles. The van der Waals surface area contributed by atoms with Gasteiger partial charge in [0, 0.05) is 41.3 Å². The highest BCUT2D eigenvalue weighted by molar-refractivity contribution is 7.99. The van der Waals surface area contributed by atoms with Gasteiger partial charge in [0.2, 0.25) is 0 Å². The number of nitro groups is 1. The van der Waals surface area contributed by atoms with Gasteiger partial charge in [0.1, 0.15) is 0 Å². The largest absolute Gasteiger partial charge is 0.293 e. The molecule has 0 unspecified atom stereocenters. The molecule has 0 saturated carbocycles. The highest BCUT2D eigenvalue weighted by Gasteiger charge is 2.18. The number of carbonyl (C=O) groups is 1. The van der Waals surface area contributed by atoms with Gasteiger partial charge >= 0.3 is 0 Å². The van der Waals surface area contributed by atoms with Crippen LogP contribution < -0.4 is 0 Å². The molecular formula is C22H17N5O3S. The molecule has 0 amide bonds. The maximum atomic E-state index is 12.7. The number of nitro benzene ring substituents is 1. The van der Waals surface area contributed by atoms with Crippen LogP contribution in [0.25, 0.3) is 17.1 Å². The van der Waals surface area contributed by atoms with Crippen LogP contribution in [0.4, 0.5) is 5.69 Å². The van der Waals surface area contributed by atoms with E-state index in [1.807, 2.05) is 47.9 Å². The van der Waals surface area contributed by atoms with Crippen molar-refractivity contribution in [2.24, 2.45) is 0 Å². The number of thioether (sulfide) groups is 1. The first-order chi connectivity index (χ1) is 15.0. The zero-order valence-electron chi connectivity index (χ0n) is 16.5. The first kappa shape index (κ1) is 20.4. The quantitative estimate of drug-likeness (QED) is 0.183. The normalized spacial score (nSPS) is 10.7. The van der Waals surface area contributed by atoms with Gasteiger partial charge in [0.25, 0.3) is 5.69 Å². The van der Waals surface area contributed by atoms with Crippen molar-refractivity contribution in [3.63, 3.8) is 0 Å². The third-order valence-corrected chi connectivity index (χ3v) is 5.49. The number of hydrogen-bond acceptors (Lipinski definition) is 7. The first-order valence-electron chi connectivity index (χ1n) is 9.36. The summed E-state index contributed by atoms with van der Waals surface area (Å²) in [6.07, 6.45) is 3.39. The van der Waals surface area contributed by atoms with Crippen molar-refractivity contribution in [2.75, 3.05) is 5.75 Å². The lowest BCUT2D eigenvalue weighted by molar-refractivity contribution is -0.384. The predicted molar refractivity (Wildman–Crippen MR) is 117 cm³/mol. The van der Waals surface area contributed by atoms with Crippen LogP contribution >= 0.6 is 11.8 Å². The summed E-state index contributed by atoms with van der Waals surface area (Å²) in [7, 11) is 0. The molecule has 0 radical (unpaired) electrons. The lowest BCUT2D eigenvalue weighted by Crippen LogP contribution is -2.05. The van der Waals surface area contributed by atoms with Gasteiger partial charge < -0.3 is 0 Å². The summed E-state index contributed by atoms with van der Waals surface area (Å²) in [5, 5.41) is 20.1. The van der Waals surface area contributed by atoms with Crippen molar-refractivity contribution in [3.8, 4) is 17.1 Å². The zero-order chi connectivity index (χ0) is 21.8. The van der Waals surface area contributed by atoms with E-state index in [-0.39, 0.29) is 22.8 Å². The van der Waals surface area contributed by atoms with Gasteiger partial charge in [0.05, 0.1) is 10.7 Å². The fourth-order valence-electron chi connectivity index (χ4n) is 2.98. The highest BCUT2D eigenvalue weighted by atomic mass is 32.2. The van der Waals surface area contributed by atoms with Crippen molar-refractivity contribution in [1.82, 2.24) is 19.7 Å². The molecule has 0 N–H and O–H groups in total. The second-order valence-electron chi connectivity index (χ2n) is 6.74. The molecule has 0 bridgehead atoms. The van der Waals surface area contributed by atoms with Gasteiger partial charge in [-0.1, -0.05) is 41.6 Å². The first-order valence-corrected chi connectivity index (χ1v) is 10.3. The van der Waals surface area contributed by atoms with Crippen molar-refractivity contribution >= 4 is 23.2 Å². The minimum absolute atomic E-state index is 0.0677. The Kier molecular flexibility index (Phi) is 5.85. The Morgan fingerprint density at radius 3 is 2.61 bits per heavy atom. The number of aromatic nitrogens is 4. The molecule has 0 spiro atoms. The van der Waals surface area contributed by atoms with Crippen LogP contribution in [0.5, 0.6) is 0 Å². The summed E-state index contributed by atoms with van der Waals surface area (Å²) in [6, 6.07) is 17.3. The maximum absolute atomic E-state index is 12.7. The van der Waals surface area contributed by atoms with Crippen LogP contribution in [0, 0.1) is 17.0 Å². The number of pyridine rings is 1. The standard InChI is InChI=1S/C22H17N5O3S/c1-15-7-9-18(10-8-15)26-21(17-5-3-11-23-13-17)24-25-22(26)31-14-20(28)16-4-2-6-19(12-16)27(29)30/h2-13H,14H2,1H3. The molecule has 0 aliphatic heterocycles. The van der Waals surface area contributed by atoms with Gasteiger partial charge in [0.15, 0.2) is 16.8 Å². The fourth-order valence-corrected chi connectivity index (χ4v) is 3.82. The minimum Gasteiger partial charge on any atom is -0.293 e. The number of carbonyl (C=O) groups excluding carboxylic acids is 1. The van der Waals surface area contributed by atoms with Gasteiger partial charge in [-0.2, -0.15) is 0 Å². The Morgan fingerprint density at radius 2 is 1.90 bits per heavy atom. The topological polar surface area (TPSA) is 104 Å². The Bertz CT molecular complexity index is 1240. The van der Waals surface area contributed by atoms with Crippen LogP contribution in [-0.4, -0.2) is 36.2 Å². The van der Waals surface area contributed by atoms with Crippen molar-refractivity contribution in [2.45, 2.75) is 12.1 Å². The number of Topliss-reactive ketones (excluding diaryl/α,β-unsaturated/α-hetero) is 1. The van der Waals surface area contributed by atoms with E-state index >= 15 is 0 Å². The second-order valence-corrected chi connectivity index (χ2v) is 7.68. The third-order valence-electron chi connectivity index (χ3n) is 4.56. The molecular weight excluding hydrogens is 414 g/mol. The van der Waals surface area contributed by atoms with Crippen LogP contribution in [0.2, 0.25) is 0 Å². The average molecular weight is 431 g/mol. The summed E-state index contributed by atoms with van der Waals surface area (Å²) < 4.78 is 1.88. The predicted octanol–water partition coefficient (Wildman–Crippen LogP) is 4.52. The molecule has 0 atom stereocenters.